The van der Waals surface area contributed by atoms with Crippen LogP contribution in [0.3, 0.4) is 0 Å². The molecule has 0 spiro atoms. The van der Waals surface area contributed by atoms with Crippen LogP contribution in [-0.4, -0.2) is 43.9 Å². The number of carbonyl (C=O) groups excluding carboxylic acids is 2. The van der Waals surface area contributed by atoms with E-state index in [2.05, 4.69) is 29.8 Å². The number of ketones is 1. The molecule has 0 rings (SSSR count). The van der Waals surface area contributed by atoms with Gasteiger partial charge in [-0.25, -0.2) is 0 Å². The van der Waals surface area contributed by atoms with Gasteiger partial charge in [0.25, 0.3) is 0 Å². The van der Waals surface area contributed by atoms with Gasteiger partial charge in [0.15, 0.2) is 5.78 Å². The van der Waals surface area contributed by atoms with Crippen molar-refractivity contribution in [3.63, 3.8) is 0 Å². The first-order valence-electron chi connectivity index (χ1n) is 8.09. The van der Waals surface area contributed by atoms with Crippen LogP contribution in [0.25, 0.3) is 0 Å². The topological polar surface area (TPSA) is 70.2 Å². The number of carbonyl (C=O) groups is 2. The van der Waals surface area contributed by atoms with Gasteiger partial charge in [0, 0.05) is 31.5 Å². The lowest BCUT2D eigenvalue weighted by molar-refractivity contribution is -0.124. The minimum absolute atomic E-state index is 0.0593. The third-order valence-corrected chi connectivity index (χ3v) is 3.41. The van der Waals surface area contributed by atoms with Crippen LogP contribution < -0.4 is 16.0 Å². The molecular formula is C16H33N3O2. The highest BCUT2D eigenvalue weighted by Gasteiger charge is 2.18. The minimum atomic E-state index is -0.0593. The lowest BCUT2D eigenvalue weighted by Gasteiger charge is -2.17. The van der Waals surface area contributed by atoms with E-state index in [-0.39, 0.29) is 23.7 Å². The molecule has 0 aromatic rings. The first-order chi connectivity index (χ1) is 9.88. The highest BCUT2D eigenvalue weighted by atomic mass is 16.1. The quantitative estimate of drug-likeness (QED) is 0.477. The van der Waals surface area contributed by atoms with E-state index >= 15 is 0 Å². The Morgan fingerprint density at radius 3 is 2.19 bits per heavy atom. The standard InChI is InChI=1S/C16H33N3O2/c1-12(2)16(21)14(17-5)8-6-7-10-19-15(20)9-11-18-13(3)4/h12-14,17-18H,6-11H2,1-5H3,(H,19,20). The molecular weight excluding hydrogens is 266 g/mol. The van der Waals surface area contributed by atoms with Crippen LogP contribution in [0, 0.1) is 5.92 Å². The number of amides is 1. The van der Waals surface area contributed by atoms with Crippen molar-refractivity contribution in [3.8, 4) is 0 Å². The van der Waals surface area contributed by atoms with Crippen LogP contribution in [0.4, 0.5) is 0 Å². The Labute approximate surface area is 129 Å². The molecule has 0 aliphatic heterocycles. The number of nitrogens with one attached hydrogen (secondary N) is 3. The smallest absolute Gasteiger partial charge is 0.221 e. The molecule has 0 bridgehead atoms. The zero-order valence-electron chi connectivity index (χ0n) is 14.3. The fraction of sp³-hybridized carbons (Fsp3) is 0.875. The fourth-order valence-electron chi connectivity index (χ4n) is 2.10. The van der Waals surface area contributed by atoms with E-state index in [1.165, 1.54) is 0 Å². The van der Waals surface area contributed by atoms with E-state index in [9.17, 15) is 9.59 Å². The number of hydrogen-bond acceptors (Lipinski definition) is 4. The lowest BCUT2D eigenvalue weighted by atomic mass is 9.97. The van der Waals surface area contributed by atoms with Gasteiger partial charge in [-0.3, -0.25) is 9.59 Å². The molecule has 0 aromatic heterocycles. The number of Topliss-reactive ketones (excluding diaryl/α,β-unsaturated/α-hetero) is 1. The normalized spacial score (nSPS) is 12.7. The van der Waals surface area contributed by atoms with Crippen molar-refractivity contribution in [2.24, 2.45) is 5.92 Å². The van der Waals surface area contributed by atoms with Crippen molar-refractivity contribution in [2.45, 2.75) is 65.5 Å². The van der Waals surface area contributed by atoms with Gasteiger partial charge in [0.1, 0.15) is 0 Å². The van der Waals surface area contributed by atoms with Crippen LogP contribution in [-0.2, 0) is 9.59 Å². The van der Waals surface area contributed by atoms with Gasteiger partial charge >= 0.3 is 0 Å². The Kier molecular flexibility index (Phi) is 11.2. The van der Waals surface area contributed by atoms with Crippen LogP contribution in [0.2, 0.25) is 0 Å². The highest BCUT2D eigenvalue weighted by Crippen LogP contribution is 2.07. The summed E-state index contributed by atoms with van der Waals surface area (Å²) >= 11 is 0. The molecule has 1 amide bonds. The molecule has 0 aromatic carbocycles. The van der Waals surface area contributed by atoms with Crippen LogP contribution in [0.15, 0.2) is 0 Å². The monoisotopic (exact) mass is 299 g/mol. The second kappa shape index (κ2) is 11.7. The zero-order chi connectivity index (χ0) is 16.3. The van der Waals surface area contributed by atoms with Gasteiger partial charge in [-0.05, 0) is 26.3 Å². The summed E-state index contributed by atoms with van der Waals surface area (Å²) in [7, 11) is 1.83. The van der Waals surface area contributed by atoms with Gasteiger partial charge < -0.3 is 16.0 Å². The summed E-state index contributed by atoms with van der Waals surface area (Å²) in [5, 5.41) is 9.21. The molecule has 0 saturated carbocycles. The molecule has 3 N–H and O–H groups in total. The summed E-state index contributed by atoms with van der Waals surface area (Å²) in [6.07, 6.45) is 3.20. The lowest BCUT2D eigenvalue weighted by Crippen LogP contribution is -2.37. The Balaban J connectivity index is 3.66. The number of hydrogen-bond donors (Lipinski definition) is 3. The van der Waals surface area contributed by atoms with Crippen molar-refractivity contribution in [3.05, 3.63) is 0 Å². The molecule has 0 fully saturated rings. The predicted molar refractivity (Wildman–Crippen MR) is 87.3 cm³/mol. The summed E-state index contributed by atoms with van der Waals surface area (Å²) in [6.45, 7) is 9.39. The molecule has 124 valence electrons. The molecule has 5 nitrogen and oxygen atoms in total. The van der Waals surface area contributed by atoms with Crippen LogP contribution in [0.5, 0.6) is 0 Å². The number of rotatable bonds is 12. The molecule has 0 aliphatic carbocycles. The van der Waals surface area contributed by atoms with E-state index in [1.54, 1.807) is 0 Å². The zero-order valence-corrected chi connectivity index (χ0v) is 14.3. The van der Waals surface area contributed by atoms with Crippen molar-refractivity contribution in [2.75, 3.05) is 20.1 Å². The molecule has 0 saturated heterocycles. The summed E-state index contributed by atoms with van der Waals surface area (Å²) in [5.74, 6) is 0.420. The van der Waals surface area contributed by atoms with Crippen LogP contribution in [0.1, 0.15) is 53.4 Å². The third kappa shape index (κ3) is 10.4. The van der Waals surface area contributed by atoms with Gasteiger partial charge in [-0.15, -0.1) is 0 Å². The Morgan fingerprint density at radius 1 is 1.00 bits per heavy atom. The first-order valence-corrected chi connectivity index (χ1v) is 8.09. The van der Waals surface area contributed by atoms with Crippen LogP contribution >= 0.6 is 0 Å². The van der Waals surface area contributed by atoms with E-state index < -0.39 is 0 Å². The van der Waals surface area contributed by atoms with Crippen molar-refractivity contribution in [1.29, 1.82) is 0 Å². The summed E-state index contributed by atoms with van der Waals surface area (Å²) in [5.41, 5.74) is 0. The highest BCUT2D eigenvalue weighted by molar-refractivity contribution is 5.85. The van der Waals surface area contributed by atoms with E-state index in [0.717, 1.165) is 19.3 Å². The van der Waals surface area contributed by atoms with E-state index in [4.69, 9.17) is 0 Å². The minimum Gasteiger partial charge on any atom is -0.356 e. The van der Waals surface area contributed by atoms with Crippen molar-refractivity contribution >= 4 is 11.7 Å². The predicted octanol–water partition coefficient (Wildman–Crippen LogP) is 1.47. The maximum atomic E-state index is 11.9. The molecule has 0 radical (unpaired) electrons. The SMILES string of the molecule is CNC(CCCCNC(=O)CCNC(C)C)C(=O)C(C)C. The summed E-state index contributed by atoms with van der Waals surface area (Å²) in [4.78, 5) is 23.4. The summed E-state index contributed by atoms with van der Waals surface area (Å²) in [6, 6.07) is 0.353. The molecule has 1 atom stereocenters. The number of unbranched alkanes of at least 4 members (excludes halogenated alkanes) is 1. The van der Waals surface area contributed by atoms with Gasteiger partial charge in [0.05, 0.1) is 6.04 Å². The Hall–Kier alpha value is -0.940. The average Bonchev–Trinajstić information content (AvgIpc) is 2.41. The van der Waals surface area contributed by atoms with E-state index in [1.807, 2.05) is 20.9 Å². The Bertz CT molecular complexity index is 304. The summed E-state index contributed by atoms with van der Waals surface area (Å²) < 4.78 is 0. The number of likely N-dealkylation sites (N-methyl/N-ethyl adjacent to an activating group) is 1. The van der Waals surface area contributed by atoms with Gasteiger partial charge in [-0.2, -0.15) is 0 Å². The van der Waals surface area contributed by atoms with Gasteiger partial charge in [0.2, 0.25) is 5.91 Å². The second-order valence-electron chi connectivity index (χ2n) is 6.10. The average molecular weight is 299 g/mol. The first kappa shape index (κ1) is 20.1. The Morgan fingerprint density at radius 2 is 1.67 bits per heavy atom. The molecule has 0 aliphatic rings. The fourth-order valence-corrected chi connectivity index (χ4v) is 2.10. The maximum Gasteiger partial charge on any atom is 0.221 e. The van der Waals surface area contributed by atoms with E-state index in [0.29, 0.717) is 25.6 Å². The molecule has 21 heavy (non-hydrogen) atoms. The molecule has 5 heteroatoms. The van der Waals surface area contributed by atoms with Crippen molar-refractivity contribution in [1.82, 2.24) is 16.0 Å². The maximum absolute atomic E-state index is 11.9. The van der Waals surface area contributed by atoms with Crippen molar-refractivity contribution < 1.29 is 9.59 Å². The molecule has 1 unspecified atom stereocenters. The molecule has 0 heterocycles. The third-order valence-electron chi connectivity index (χ3n) is 3.41. The largest absolute Gasteiger partial charge is 0.356 e. The second-order valence-corrected chi connectivity index (χ2v) is 6.10. The van der Waals surface area contributed by atoms with Gasteiger partial charge in [-0.1, -0.05) is 27.7 Å².